The van der Waals surface area contributed by atoms with E-state index in [9.17, 15) is 5.11 Å². The Bertz CT molecular complexity index is 312. The lowest BCUT2D eigenvalue weighted by Crippen LogP contribution is -2.44. The van der Waals surface area contributed by atoms with Crippen LogP contribution in [0.5, 0.6) is 0 Å². The van der Waals surface area contributed by atoms with E-state index in [4.69, 9.17) is 0 Å². The Morgan fingerprint density at radius 3 is 2.81 bits per heavy atom. The van der Waals surface area contributed by atoms with Crippen molar-refractivity contribution in [2.45, 2.75) is 38.3 Å². The lowest BCUT2D eigenvalue weighted by Gasteiger charge is -2.35. The molecule has 0 spiro atoms. The van der Waals surface area contributed by atoms with Gasteiger partial charge < -0.3 is 5.11 Å². The molecule has 0 aliphatic carbocycles. The van der Waals surface area contributed by atoms with Gasteiger partial charge in [0.05, 0.1) is 6.10 Å². The molecule has 1 fully saturated rings. The second-order valence-corrected chi connectivity index (χ2v) is 4.83. The molecule has 2 heteroatoms. The van der Waals surface area contributed by atoms with Crippen molar-refractivity contribution in [3.63, 3.8) is 0 Å². The minimum Gasteiger partial charge on any atom is -0.392 e. The highest BCUT2D eigenvalue weighted by molar-refractivity contribution is 5.15. The average Bonchev–Trinajstić information content (AvgIpc) is 2.30. The van der Waals surface area contributed by atoms with E-state index in [1.165, 1.54) is 5.56 Å². The predicted octanol–water partition coefficient (Wildman–Crippen LogP) is 2.07. The van der Waals surface area contributed by atoms with Gasteiger partial charge in [0.1, 0.15) is 0 Å². The van der Waals surface area contributed by atoms with Crippen molar-refractivity contribution in [3.05, 3.63) is 35.9 Å². The smallest absolute Gasteiger partial charge is 0.0667 e. The van der Waals surface area contributed by atoms with E-state index >= 15 is 0 Å². The van der Waals surface area contributed by atoms with Crippen molar-refractivity contribution in [2.24, 2.45) is 0 Å². The Morgan fingerprint density at radius 1 is 1.38 bits per heavy atom. The van der Waals surface area contributed by atoms with Gasteiger partial charge >= 0.3 is 0 Å². The molecule has 0 bridgehead atoms. The van der Waals surface area contributed by atoms with Crippen LogP contribution in [0.3, 0.4) is 0 Å². The van der Waals surface area contributed by atoms with E-state index in [1.54, 1.807) is 0 Å². The van der Waals surface area contributed by atoms with Crippen LogP contribution in [0.4, 0.5) is 0 Å². The van der Waals surface area contributed by atoms with Crippen LogP contribution < -0.4 is 0 Å². The van der Waals surface area contributed by atoms with E-state index in [0.29, 0.717) is 6.04 Å². The molecule has 0 aromatic heterocycles. The van der Waals surface area contributed by atoms with Gasteiger partial charge in [0.25, 0.3) is 0 Å². The van der Waals surface area contributed by atoms with E-state index in [1.807, 2.05) is 0 Å². The van der Waals surface area contributed by atoms with E-state index < -0.39 is 0 Å². The normalized spacial score (nSPS) is 24.2. The predicted molar refractivity (Wildman–Crippen MR) is 66.4 cm³/mol. The Hall–Kier alpha value is -0.860. The number of aliphatic hydroxyl groups excluding tert-OH is 1. The third-order valence-corrected chi connectivity index (χ3v) is 3.43. The summed E-state index contributed by atoms with van der Waals surface area (Å²) in [6, 6.07) is 11.1. The number of rotatable bonds is 3. The highest BCUT2D eigenvalue weighted by Crippen LogP contribution is 2.15. The van der Waals surface area contributed by atoms with Crippen LogP contribution in [-0.4, -0.2) is 35.2 Å². The van der Waals surface area contributed by atoms with Crippen LogP contribution in [-0.2, 0) is 6.42 Å². The number of aliphatic hydroxyl groups is 1. The summed E-state index contributed by atoms with van der Waals surface area (Å²) >= 11 is 0. The van der Waals surface area contributed by atoms with Gasteiger partial charge in [-0.25, -0.2) is 0 Å². The van der Waals surface area contributed by atoms with Crippen molar-refractivity contribution in [3.8, 4) is 0 Å². The van der Waals surface area contributed by atoms with Gasteiger partial charge in [-0.15, -0.1) is 0 Å². The summed E-state index contributed by atoms with van der Waals surface area (Å²) in [5, 5.41) is 9.65. The summed E-state index contributed by atoms with van der Waals surface area (Å²) in [6.45, 7) is 4.23. The van der Waals surface area contributed by atoms with Gasteiger partial charge in [-0.3, -0.25) is 4.90 Å². The number of piperidine rings is 1. The van der Waals surface area contributed by atoms with Crippen molar-refractivity contribution in [1.29, 1.82) is 0 Å². The topological polar surface area (TPSA) is 23.5 Å². The summed E-state index contributed by atoms with van der Waals surface area (Å²) in [5.41, 5.74) is 1.38. The Morgan fingerprint density at radius 2 is 2.12 bits per heavy atom. The summed E-state index contributed by atoms with van der Waals surface area (Å²) in [4.78, 5) is 2.40. The van der Waals surface area contributed by atoms with Gasteiger partial charge in [0.15, 0.2) is 0 Å². The van der Waals surface area contributed by atoms with Crippen LogP contribution in [0.2, 0.25) is 0 Å². The van der Waals surface area contributed by atoms with Crippen LogP contribution in [0.15, 0.2) is 30.3 Å². The number of β-amino-alcohol motifs (C(OH)–C–C–N with tert-alkyl or cyclic N) is 1. The Kier molecular flexibility index (Phi) is 3.97. The Labute approximate surface area is 97.9 Å². The molecule has 0 amide bonds. The first-order valence-electron chi connectivity index (χ1n) is 6.22. The number of nitrogens with zero attached hydrogens (tertiary/aromatic N) is 1. The van der Waals surface area contributed by atoms with Gasteiger partial charge in [-0.05, 0) is 38.3 Å². The van der Waals surface area contributed by atoms with Gasteiger partial charge in [-0.1, -0.05) is 30.3 Å². The largest absolute Gasteiger partial charge is 0.392 e. The van der Waals surface area contributed by atoms with Crippen molar-refractivity contribution in [2.75, 3.05) is 13.1 Å². The van der Waals surface area contributed by atoms with Gasteiger partial charge in [0, 0.05) is 12.6 Å². The van der Waals surface area contributed by atoms with E-state index in [0.717, 1.165) is 32.4 Å². The number of benzene rings is 1. The fraction of sp³-hybridized carbons (Fsp3) is 0.571. The SMILES string of the molecule is C[C@@H](Cc1ccccc1)N1CCC[C@H](O)C1. The van der Waals surface area contributed by atoms with Crippen LogP contribution >= 0.6 is 0 Å². The molecule has 0 radical (unpaired) electrons. The quantitative estimate of drug-likeness (QED) is 0.841. The molecule has 2 atom stereocenters. The third-order valence-electron chi connectivity index (χ3n) is 3.43. The molecule has 88 valence electrons. The zero-order valence-electron chi connectivity index (χ0n) is 9.97. The van der Waals surface area contributed by atoms with Gasteiger partial charge in [0.2, 0.25) is 0 Å². The monoisotopic (exact) mass is 219 g/mol. The molecule has 2 nitrogen and oxygen atoms in total. The average molecular weight is 219 g/mol. The van der Waals surface area contributed by atoms with Crippen LogP contribution in [0.1, 0.15) is 25.3 Å². The first-order chi connectivity index (χ1) is 7.75. The molecule has 1 aliphatic rings. The summed E-state index contributed by atoms with van der Waals surface area (Å²) < 4.78 is 0. The highest BCUT2D eigenvalue weighted by atomic mass is 16.3. The minimum atomic E-state index is -0.119. The number of hydrogen-bond acceptors (Lipinski definition) is 2. The van der Waals surface area contributed by atoms with Crippen molar-refractivity contribution in [1.82, 2.24) is 4.90 Å². The highest BCUT2D eigenvalue weighted by Gasteiger charge is 2.21. The fourth-order valence-corrected chi connectivity index (χ4v) is 2.47. The summed E-state index contributed by atoms with van der Waals surface area (Å²) in [7, 11) is 0. The molecule has 1 saturated heterocycles. The summed E-state index contributed by atoms with van der Waals surface area (Å²) in [5.74, 6) is 0. The molecule has 1 aromatic carbocycles. The van der Waals surface area contributed by atoms with Crippen molar-refractivity contribution < 1.29 is 5.11 Å². The molecular formula is C14H21NO. The van der Waals surface area contributed by atoms with E-state index in [2.05, 4.69) is 42.2 Å². The zero-order valence-corrected chi connectivity index (χ0v) is 9.97. The molecule has 1 heterocycles. The molecular weight excluding hydrogens is 198 g/mol. The fourth-order valence-electron chi connectivity index (χ4n) is 2.47. The van der Waals surface area contributed by atoms with Crippen molar-refractivity contribution >= 4 is 0 Å². The van der Waals surface area contributed by atoms with Crippen LogP contribution in [0, 0.1) is 0 Å². The lowest BCUT2D eigenvalue weighted by atomic mass is 10.0. The molecule has 1 aliphatic heterocycles. The Balaban J connectivity index is 1.90. The van der Waals surface area contributed by atoms with E-state index in [-0.39, 0.29) is 6.10 Å². The molecule has 0 unspecified atom stereocenters. The second kappa shape index (κ2) is 5.46. The maximum Gasteiger partial charge on any atom is 0.0667 e. The molecule has 16 heavy (non-hydrogen) atoms. The minimum absolute atomic E-state index is 0.119. The molecule has 2 rings (SSSR count). The first kappa shape index (κ1) is 11.6. The zero-order chi connectivity index (χ0) is 11.4. The molecule has 0 saturated carbocycles. The second-order valence-electron chi connectivity index (χ2n) is 4.83. The van der Waals surface area contributed by atoms with Gasteiger partial charge in [-0.2, -0.15) is 0 Å². The lowest BCUT2D eigenvalue weighted by molar-refractivity contribution is 0.0507. The molecule has 1 aromatic rings. The van der Waals surface area contributed by atoms with Crippen LogP contribution in [0.25, 0.3) is 0 Å². The standard InChI is InChI=1S/C14H21NO/c1-12(10-13-6-3-2-4-7-13)15-9-5-8-14(16)11-15/h2-4,6-7,12,14,16H,5,8-11H2,1H3/t12-,14-/m0/s1. The number of hydrogen-bond donors (Lipinski definition) is 1. The third kappa shape index (κ3) is 3.06. The first-order valence-corrected chi connectivity index (χ1v) is 6.22. The summed E-state index contributed by atoms with van der Waals surface area (Å²) in [6.07, 6.45) is 3.05. The maximum atomic E-state index is 9.65. The number of likely N-dealkylation sites (tertiary alicyclic amines) is 1. The maximum absolute atomic E-state index is 9.65. The molecule has 1 N–H and O–H groups in total.